The van der Waals surface area contributed by atoms with Crippen LogP contribution in [0.4, 0.5) is 0 Å². The Kier molecular flexibility index (Phi) is 6.32. The lowest BCUT2D eigenvalue weighted by Gasteiger charge is -2.34. The third kappa shape index (κ3) is 4.81. The molecular formula is C13H28N2O. The molecule has 96 valence electrons. The van der Waals surface area contributed by atoms with Gasteiger partial charge in [-0.1, -0.05) is 13.8 Å². The van der Waals surface area contributed by atoms with Gasteiger partial charge in [-0.15, -0.1) is 0 Å². The average molecular weight is 228 g/mol. The molecule has 1 rings (SSSR count). The Bertz CT molecular complexity index is 185. The van der Waals surface area contributed by atoms with Crippen molar-refractivity contribution in [1.29, 1.82) is 0 Å². The topological polar surface area (TPSA) is 38.5 Å². The number of rotatable bonds is 6. The largest absolute Gasteiger partial charge is 0.377 e. The second-order valence-electron chi connectivity index (χ2n) is 5.23. The number of nitrogens with two attached hydrogens (primary N) is 1. The quantitative estimate of drug-likeness (QED) is 0.754. The van der Waals surface area contributed by atoms with Crippen molar-refractivity contribution < 1.29 is 4.74 Å². The summed E-state index contributed by atoms with van der Waals surface area (Å²) in [5.74, 6) is 0.574. The molecule has 0 bridgehead atoms. The molecule has 0 aromatic heterocycles. The van der Waals surface area contributed by atoms with E-state index in [0.717, 1.165) is 26.1 Å². The van der Waals surface area contributed by atoms with Gasteiger partial charge in [-0.05, 0) is 38.6 Å². The number of hydrogen-bond donors (Lipinski definition) is 1. The van der Waals surface area contributed by atoms with Crippen molar-refractivity contribution >= 4 is 0 Å². The van der Waals surface area contributed by atoms with E-state index in [1.807, 2.05) is 0 Å². The van der Waals surface area contributed by atoms with Gasteiger partial charge >= 0.3 is 0 Å². The summed E-state index contributed by atoms with van der Waals surface area (Å²) in [6, 6.07) is 0.289. The van der Waals surface area contributed by atoms with Crippen LogP contribution < -0.4 is 5.73 Å². The number of hydrogen-bond acceptors (Lipinski definition) is 3. The van der Waals surface area contributed by atoms with Crippen LogP contribution in [-0.4, -0.2) is 43.3 Å². The maximum Gasteiger partial charge on any atom is 0.0702 e. The first-order chi connectivity index (χ1) is 7.63. The predicted molar refractivity (Wildman–Crippen MR) is 68.5 cm³/mol. The molecule has 16 heavy (non-hydrogen) atoms. The molecule has 2 N–H and O–H groups in total. The molecule has 0 radical (unpaired) electrons. The molecule has 1 aliphatic rings. The van der Waals surface area contributed by atoms with Crippen molar-refractivity contribution in [2.75, 3.05) is 26.2 Å². The Morgan fingerprint density at radius 3 is 2.81 bits per heavy atom. The van der Waals surface area contributed by atoms with Crippen LogP contribution in [0.2, 0.25) is 0 Å². The Balaban J connectivity index is 2.27. The summed E-state index contributed by atoms with van der Waals surface area (Å²) in [6.07, 6.45) is 4.06. The highest BCUT2D eigenvalue weighted by Crippen LogP contribution is 2.15. The highest BCUT2D eigenvalue weighted by atomic mass is 16.5. The van der Waals surface area contributed by atoms with Crippen molar-refractivity contribution in [1.82, 2.24) is 4.90 Å². The van der Waals surface area contributed by atoms with E-state index in [-0.39, 0.29) is 6.04 Å². The second kappa shape index (κ2) is 7.25. The van der Waals surface area contributed by atoms with Gasteiger partial charge in [-0.3, -0.25) is 0 Å². The normalized spacial score (nSPS) is 26.6. The molecule has 0 aromatic carbocycles. The summed E-state index contributed by atoms with van der Waals surface area (Å²) in [7, 11) is 0. The van der Waals surface area contributed by atoms with Gasteiger partial charge < -0.3 is 15.4 Å². The second-order valence-corrected chi connectivity index (χ2v) is 5.23. The summed E-state index contributed by atoms with van der Waals surface area (Å²) in [5.41, 5.74) is 5.91. The molecular weight excluding hydrogens is 200 g/mol. The molecule has 3 heteroatoms. The van der Waals surface area contributed by atoms with Gasteiger partial charge in [-0.25, -0.2) is 0 Å². The highest BCUT2D eigenvalue weighted by molar-refractivity contribution is 4.76. The molecule has 3 nitrogen and oxygen atoms in total. The number of piperidine rings is 1. The molecule has 3 atom stereocenters. The van der Waals surface area contributed by atoms with E-state index in [4.69, 9.17) is 10.5 Å². The van der Waals surface area contributed by atoms with Gasteiger partial charge in [-0.2, -0.15) is 0 Å². The van der Waals surface area contributed by atoms with E-state index in [9.17, 15) is 0 Å². The van der Waals surface area contributed by atoms with Gasteiger partial charge in [0.25, 0.3) is 0 Å². The summed E-state index contributed by atoms with van der Waals surface area (Å²) in [4.78, 5) is 2.51. The van der Waals surface area contributed by atoms with Crippen molar-refractivity contribution in [2.24, 2.45) is 11.7 Å². The Morgan fingerprint density at radius 1 is 1.44 bits per heavy atom. The third-order valence-corrected chi connectivity index (χ3v) is 3.46. The van der Waals surface area contributed by atoms with Crippen molar-refractivity contribution in [3.63, 3.8) is 0 Å². The number of likely N-dealkylation sites (tertiary alicyclic amines) is 1. The lowest BCUT2D eigenvalue weighted by atomic mass is 10.0. The minimum Gasteiger partial charge on any atom is -0.377 e. The fourth-order valence-electron chi connectivity index (χ4n) is 2.17. The monoisotopic (exact) mass is 228 g/mol. The van der Waals surface area contributed by atoms with E-state index in [0.29, 0.717) is 12.0 Å². The van der Waals surface area contributed by atoms with E-state index in [1.165, 1.54) is 19.4 Å². The van der Waals surface area contributed by atoms with Gasteiger partial charge in [0.15, 0.2) is 0 Å². The maximum absolute atomic E-state index is 5.91. The molecule has 1 saturated heterocycles. The molecule has 3 unspecified atom stereocenters. The average Bonchev–Trinajstić information content (AvgIpc) is 2.26. The van der Waals surface area contributed by atoms with Gasteiger partial charge in [0, 0.05) is 25.7 Å². The Hall–Kier alpha value is -0.120. The van der Waals surface area contributed by atoms with Crippen LogP contribution in [0.1, 0.15) is 40.0 Å². The SMILES string of the molecule is CCCOC1CCCN(CC(C)C(C)N)C1. The highest BCUT2D eigenvalue weighted by Gasteiger charge is 2.22. The molecule has 0 saturated carbocycles. The van der Waals surface area contributed by atoms with Crippen LogP contribution in [0.5, 0.6) is 0 Å². The zero-order valence-corrected chi connectivity index (χ0v) is 11.1. The fraction of sp³-hybridized carbons (Fsp3) is 1.00. The first kappa shape index (κ1) is 13.9. The third-order valence-electron chi connectivity index (χ3n) is 3.46. The minimum absolute atomic E-state index is 0.289. The maximum atomic E-state index is 5.91. The predicted octanol–water partition coefficient (Wildman–Crippen LogP) is 1.86. The van der Waals surface area contributed by atoms with Crippen LogP contribution in [0, 0.1) is 5.92 Å². The zero-order chi connectivity index (χ0) is 12.0. The van der Waals surface area contributed by atoms with Crippen LogP contribution in [0.25, 0.3) is 0 Å². The van der Waals surface area contributed by atoms with Gasteiger partial charge in [0.2, 0.25) is 0 Å². The summed E-state index contributed by atoms with van der Waals surface area (Å²) < 4.78 is 5.83. The standard InChI is InChI=1S/C13H28N2O/c1-4-8-16-13-6-5-7-15(10-13)9-11(2)12(3)14/h11-13H,4-10,14H2,1-3H3. The Labute approximate surface area is 100 Å². The molecule has 1 fully saturated rings. The lowest BCUT2D eigenvalue weighted by Crippen LogP contribution is -2.44. The molecule has 0 spiro atoms. The Morgan fingerprint density at radius 2 is 2.19 bits per heavy atom. The van der Waals surface area contributed by atoms with Crippen molar-refractivity contribution in [2.45, 2.75) is 52.2 Å². The van der Waals surface area contributed by atoms with Crippen LogP contribution in [0.15, 0.2) is 0 Å². The van der Waals surface area contributed by atoms with Crippen LogP contribution in [-0.2, 0) is 4.74 Å². The molecule has 0 amide bonds. The van der Waals surface area contributed by atoms with Crippen LogP contribution in [0.3, 0.4) is 0 Å². The fourth-order valence-corrected chi connectivity index (χ4v) is 2.17. The molecule has 1 aliphatic heterocycles. The number of ether oxygens (including phenoxy) is 1. The van der Waals surface area contributed by atoms with E-state index < -0.39 is 0 Å². The van der Waals surface area contributed by atoms with E-state index >= 15 is 0 Å². The van der Waals surface area contributed by atoms with E-state index in [2.05, 4.69) is 25.7 Å². The lowest BCUT2D eigenvalue weighted by molar-refractivity contribution is -0.00390. The first-order valence-electron chi connectivity index (χ1n) is 6.73. The van der Waals surface area contributed by atoms with Gasteiger partial charge in [0.1, 0.15) is 0 Å². The zero-order valence-electron chi connectivity index (χ0n) is 11.1. The van der Waals surface area contributed by atoms with E-state index in [1.54, 1.807) is 0 Å². The van der Waals surface area contributed by atoms with Crippen molar-refractivity contribution in [3.05, 3.63) is 0 Å². The van der Waals surface area contributed by atoms with Gasteiger partial charge in [0.05, 0.1) is 6.10 Å². The summed E-state index contributed by atoms with van der Waals surface area (Å²) >= 11 is 0. The van der Waals surface area contributed by atoms with Crippen LogP contribution >= 0.6 is 0 Å². The van der Waals surface area contributed by atoms with Crippen molar-refractivity contribution in [3.8, 4) is 0 Å². The first-order valence-corrected chi connectivity index (χ1v) is 6.73. The minimum atomic E-state index is 0.289. The molecule has 0 aliphatic carbocycles. The summed E-state index contributed by atoms with van der Waals surface area (Å²) in [5, 5.41) is 0. The molecule has 1 heterocycles. The summed E-state index contributed by atoms with van der Waals surface area (Å²) in [6.45, 7) is 10.8. The number of nitrogens with zero attached hydrogens (tertiary/aromatic N) is 1. The molecule has 0 aromatic rings. The smallest absolute Gasteiger partial charge is 0.0702 e.